The fourth-order valence-electron chi connectivity index (χ4n) is 0.358. The van der Waals surface area contributed by atoms with E-state index in [4.69, 9.17) is 5.73 Å². The number of amidine groups is 1. The van der Waals surface area contributed by atoms with Gasteiger partial charge in [-0.05, 0) is 0 Å². The Kier molecular flexibility index (Phi) is 1.11. The van der Waals surface area contributed by atoms with E-state index in [1.54, 1.807) is 0 Å². The van der Waals surface area contributed by atoms with E-state index in [1.165, 1.54) is 0 Å². The van der Waals surface area contributed by atoms with Gasteiger partial charge in [-0.15, -0.1) is 0 Å². The number of hydrogen-bond donors (Lipinski definition) is 2. The first-order valence-corrected chi connectivity index (χ1v) is 2.06. The van der Waals surface area contributed by atoms with Crippen LogP contribution in [0.4, 0.5) is 4.39 Å². The smallest absolute Gasteiger partial charge is 0.286 e. The monoisotopic (exact) mass is 116 g/mol. The Morgan fingerprint density at radius 2 is 2.38 bits per heavy atom. The molecule has 0 aliphatic carbocycles. The predicted molar refractivity (Wildman–Crippen MR) is 28.2 cm³/mol. The summed E-state index contributed by atoms with van der Waals surface area (Å²) in [6, 6.07) is 0. The molecule has 8 heavy (non-hydrogen) atoms. The average molecular weight is 116 g/mol. The van der Waals surface area contributed by atoms with Gasteiger partial charge >= 0.3 is 0 Å². The summed E-state index contributed by atoms with van der Waals surface area (Å²) in [5.74, 6) is 0.0810. The molecule has 0 amide bonds. The third-order valence-electron chi connectivity index (χ3n) is 0.682. The predicted octanol–water partition coefficient (Wildman–Crippen LogP) is -0.813. The second-order valence-electron chi connectivity index (χ2n) is 1.26. The number of nitrogens with one attached hydrogen (secondary N) is 1. The average Bonchev–Trinajstić information content (AvgIpc) is 1.64. The Bertz CT molecular complexity index is 133. The van der Waals surface area contributed by atoms with Gasteiger partial charge in [0.25, 0.3) is 6.09 Å². The van der Waals surface area contributed by atoms with Crippen molar-refractivity contribution >= 4 is 12.0 Å². The van der Waals surface area contributed by atoms with Crippen molar-refractivity contribution in [2.24, 2.45) is 15.7 Å². The third-order valence-corrected chi connectivity index (χ3v) is 0.682. The van der Waals surface area contributed by atoms with Gasteiger partial charge in [-0.2, -0.15) is 4.39 Å². The maximum absolute atomic E-state index is 11.9. The Morgan fingerprint density at radius 3 is 2.75 bits per heavy atom. The highest BCUT2D eigenvalue weighted by atomic mass is 19.1. The first kappa shape index (κ1) is 5.02. The summed E-state index contributed by atoms with van der Waals surface area (Å²) < 4.78 is 11.9. The van der Waals surface area contributed by atoms with Gasteiger partial charge in [0.2, 0.25) is 0 Å². The Labute approximate surface area is 45.3 Å². The summed E-state index contributed by atoms with van der Waals surface area (Å²) in [7, 11) is 0. The molecule has 5 heteroatoms. The summed E-state index contributed by atoms with van der Waals surface area (Å²) >= 11 is 0. The van der Waals surface area contributed by atoms with E-state index in [1.807, 2.05) is 0 Å². The summed E-state index contributed by atoms with van der Waals surface area (Å²) in [6.07, 6.45) is -0.669. The Balaban J connectivity index is 2.57. The fraction of sp³-hybridized carbons (Fsp3) is 0.333. The van der Waals surface area contributed by atoms with Crippen LogP contribution in [0.3, 0.4) is 0 Å². The second-order valence-corrected chi connectivity index (χ2v) is 1.26. The quantitative estimate of drug-likeness (QED) is 0.406. The molecule has 0 aromatic rings. The molecule has 0 aromatic heterocycles. The van der Waals surface area contributed by atoms with Crippen molar-refractivity contribution in [3.63, 3.8) is 0 Å². The Morgan fingerprint density at radius 1 is 1.62 bits per heavy atom. The van der Waals surface area contributed by atoms with E-state index >= 15 is 0 Å². The molecule has 0 saturated heterocycles. The SMILES string of the molecule is NC1=NCN=C(F)N1. The zero-order valence-electron chi connectivity index (χ0n) is 4.06. The molecule has 1 heterocycles. The van der Waals surface area contributed by atoms with E-state index in [2.05, 4.69) is 15.3 Å². The summed E-state index contributed by atoms with van der Waals surface area (Å²) in [6.45, 7) is 0.0880. The molecule has 0 fully saturated rings. The van der Waals surface area contributed by atoms with Gasteiger partial charge in [-0.1, -0.05) is 0 Å². The van der Waals surface area contributed by atoms with Crippen LogP contribution in [0.2, 0.25) is 0 Å². The van der Waals surface area contributed by atoms with Crippen LogP contribution in [0.25, 0.3) is 0 Å². The van der Waals surface area contributed by atoms with E-state index < -0.39 is 6.09 Å². The zero-order chi connectivity index (χ0) is 5.98. The van der Waals surface area contributed by atoms with Crippen molar-refractivity contribution in [2.75, 3.05) is 6.67 Å². The lowest BCUT2D eigenvalue weighted by molar-refractivity contribution is 0.741. The third kappa shape index (κ3) is 0.927. The molecule has 4 nitrogen and oxygen atoms in total. The standard InChI is InChI=1S/C3H5FN4/c4-2-6-1-7-3(5)8-2/h1H2,(H3,5,6,7,8). The number of guanidine groups is 1. The molecule has 44 valence electrons. The Hall–Kier alpha value is -1.13. The molecule has 1 aliphatic rings. The normalized spacial score (nSPS) is 18.6. The number of nitrogens with two attached hydrogens (primary N) is 1. The van der Waals surface area contributed by atoms with Crippen LogP contribution in [-0.2, 0) is 0 Å². The van der Waals surface area contributed by atoms with Crippen molar-refractivity contribution in [1.29, 1.82) is 0 Å². The lowest BCUT2D eigenvalue weighted by atomic mass is 10.8. The topological polar surface area (TPSA) is 62.8 Å². The van der Waals surface area contributed by atoms with Crippen LogP contribution in [0.15, 0.2) is 9.98 Å². The fourth-order valence-corrected chi connectivity index (χ4v) is 0.358. The summed E-state index contributed by atoms with van der Waals surface area (Å²) in [5.41, 5.74) is 5.04. The van der Waals surface area contributed by atoms with Gasteiger partial charge in [-0.3, -0.25) is 5.32 Å². The van der Waals surface area contributed by atoms with E-state index in [0.717, 1.165) is 0 Å². The molecule has 0 radical (unpaired) electrons. The number of rotatable bonds is 0. The minimum atomic E-state index is -0.669. The molecule has 0 unspecified atom stereocenters. The highest BCUT2D eigenvalue weighted by Crippen LogP contribution is 1.83. The van der Waals surface area contributed by atoms with E-state index in [-0.39, 0.29) is 12.6 Å². The highest BCUT2D eigenvalue weighted by molar-refractivity contribution is 5.95. The van der Waals surface area contributed by atoms with Gasteiger partial charge in [-0.25, -0.2) is 9.98 Å². The van der Waals surface area contributed by atoms with Crippen LogP contribution >= 0.6 is 0 Å². The van der Waals surface area contributed by atoms with Crippen LogP contribution in [-0.4, -0.2) is 18.7 Å². The van der Waals surface area contributed by atoms with Crippen LogP contribution in [0.5, 0.6) is 0 Å². The molecule has 0 spiro atoms. The van der Waals surface area contributed by atoms with Crippen molar-refractivity contribution in [1.82, 2.24) is 5.32 Å². The number of halogens is 1. The van der Waals surface area contributed by atoms with Gasteiger partial charge in [0.15, 0.2) is 5.96 Å². The maximum Gasteiger partial charge on any atom is 0.286 e. The van der Waals surface area contributed by atoms with Crippen molar-refractivity contribution in [2.45, 2.75) is 0 Å². The lowest BCUT2D eigenvalue weighted by Crippen LogP contribution is -2.37. The molecule has 0 atom stereocenters. The number of nitrogens with zero attached hydrogens (tertiary/aromatic N) is 2. The molecule has 0 aromatic carbocycles. The van der Waals surface area contributed by atoms with Crippen molar-refractivity contribution < 1.29 is 4.39 Å². The molecular formula is C3H5FN4. The molecular weight excluding hydrogens is 111 g/mol. The van der Waals surface area contributed by atoms with E-state index in [0.29, 0.717) is 0 Å². The highest BCUT2D eigenvalue weighted by Gasteiger charge is 2.00. The van der Waals surface area contributed by atoms with Gasteiger partial charge in [0.05, 0.1) is 0 Å². The molecule has 1 aliphatic heterocycles. The van der Waals surface area contributed by atoms with Crippen LogP contribution < -0.4 is 11.1 Å². The molecule has 0 bridgehead atoms. The largest absolute Gasteiger partial charge is 0.370 e. The second kappa shape index (κ2) is 1.77. The number of hydrogen-bond acceptors (Lipinski definition) is 4. The first-order valence-electron chi connectivity index (χ1n) is 2.06. The maximum atomic E-state index is 11.9. The summed E-state index contributed by atoms with van der Waals surface area (Å²) in [5, 5.41) is 2.09. The lowest BCUT2D eigenvalue weighted by Gasteiger charge is -2.03. The summed E-state index contributed by atoms with van der Waals surface area (Å²) in [4.78, 5) is 6.79. The van der Waals surface area contributed by atoms with Gasteiger partial charge in [0, 0.05) is 0 Å². The van der Waals surface area contributed by atoms with Crippen LogP contribution in [0.1, 0.15) is 0 Å². The molecule has 3 N–H and O–H groups in total. The molecule has 0 saturated carbocycles. The minimum Gasteiger partial charge on any atom is -0.370 e. The minimum absolute atomic E-state index is 0.0810. The van der Waals surface area contributed by atoms with Gasteiger partial charge < -0.3 is 5.73 Å². The first-order chi connectivity index (χ1) is 3.79. The zero-order valence-corrected chi connectivity index (χ0v) is 4.06. The van der Waals surface area contributed by atoms with Gasteiger partial charge in [0.1, 0.15) is 6.67 Å². The van der Waals surface area contributed by atoms with E-state index in [9.17, 15) is 4.39 Å². The number of aliphatic imine (C=N–C) groups is 2. The molecule has 1 rings (SSSR count). The van der Waals surface area contributed by atoms with Crippen molar-refractivity contribution in [3.05, 3.63) is 0 Å². The van der Waals surface area contributed by atoms with Crippen molar-refractivity contribution in [3.8, 4) is 0 Å². The van der Waals surface area contributed by atoms with Crippen LogP contribution in [0, 0.1) is 0 Å².